The number of carboxylic acids is 1. The van der Waals surface area contributed by atoms with Crippen LogP contribution in [0.2, 0.25) is 0 Å². The summed E-state index contributed by atoms with van der Waals surface area (Å²) >= 11 is 0. The van der Waals surface area contributed by atoms with Crippen LogP contribution in [-0.2, 0) is 19.6 Å². The number of alkyl halides is 3. The van der Waals surface area contributed by atoms with Gasteiger partial charge in [-0.3, -0.25) is 9.59 Å². The standard InChI is InChI=1S/C13H19F3N2O5S/c1-24(22,23)18(8-13(14,15)16)9-2-6-17(7-3-9)10(19)12(4-5-12)11(20)21/h9H,2-8H2,1H3,(H,20,21). The smallest absolute Gasteiger partial charge is 0.402 e. The topological polar surface area (TPSA) is 95.0 Å². The molecule has 138 valence electrons. The molecule has 1 aliphatic heterocycles. The molecule has 1 saturated carbocycles. The van der Waals surface area contributed by atoms with Gasteiger partial charge in [-0.05, 0) is 25.7 Å². The van der Waals surface area contributed by atoms with Crippen LogP contribution < -0.4 is 0 Å². The van der Waals surface area contributed by atoms with E-state index in [2.05, 4.69) is 0 Å². The van der Waals surface area contributed by atoms with Crippen molar-refractivity contribution in [1.82, 2.24) is 9.21 Å². The Labute approximate surface area is 137 Å². The number of aliphatic carboxylic acids is 1. The molecule has 2 rings (SSSR count). The van der Waals surface area contributed by atoms with Crippen molar-refractivity contribution in [1.29, 1.82) is 0 Å². The summed E-state index contributed by atoms with van der Waals surface area (Å²) in [7, 11) is -4.05. The van der Waals surface area contributed by atoms with Gasteiger partial charge in [-0.25, -0.2) is 8.42 Å². The average molecular weight is 372 g/mol. The van der Waals surface area contributed by atoms with E-state index in [0.717, 1.165) is 6.26 Å². The fourth-order valence-corrected chi connectivity index (χ4v) is 4.13. The molecule has 0 spiro atoms. The van der Waals surface area contributed by atoms with Gasteiger partial charge in [0.1, 0.15) is 12.0 Å². The number of nitrogens with zero attached hydrogens (tertiary/aromatic N) is 2. The van der Waals surface area contributed by atoms with E-state index in [1.54, 1.807) is 0 Å². The van der Waals surface area contributed by atoms with E-state index in [1.807, 2.05) is 0 Å². The number of hydrogen-bond acceptors (Lipinski definition) is 4. The molecule has 0 aromatic rings. The lowest BCUT2D eigenvalue weighted by atomic mass is 10.0. The van der Waals surface area contributed by atoms with Gasteiger partial charge in [-0.15, -0.1) is 0 Å². The van der Waals surface area contributed by atoms with E-state index in [0.29, 0.717) is 4.31 Å². The zero-order valence-electron chi connectivity index (χ0n) is 13.0. The Hall–Kier alpha value is -1.36. The summed E-state index contributed by atoms with van der Waals surface area (Å²) in [6, 6.07) is -0.856. The van der Waals surface area contributed by atoms with Crippen LogP contribution in [0.3, 0.4) is 0 Å². The van der Waals surface area contributed by atoms with E-state index in [-0.39, 0.29) is 38.8 Å². The zero-order valence-corrected chi connectivity index (χ0v) is 13.9. The zero-order chi connectivity index (χ0) is 18.3. The Morgan fingerprint density at radius 3 is 2.08 bits per heavy atom. The molecule has 1 heterocycles. The number of carbonyl (C=O) groups excluding carboxylic acids is 1. The number of carbonyl (C=O) groups is 2. The number of carboxylic acid groups (broad SMARTS) is 1. The van der Waals surface area contributed by atoms with Crippen molar-refractivity contribution in [3.63, 3.8) is 0 Å². The Bertz CT molecular complexity index is 622. The van der Waals surface area contributed by atoms with Gasteiger partial charge in [0, 0.05) is 19.1 Å². The van der Waals surface area contributed by atoms with Gasteiger partial charge in [0.2, 0.25) is 15.9 Å². The third-order valence-electron chi connectivity index (χ3n) is 4.49. The lowest BCUT2D eigenvalue weighted by molar-refractivity contribution is -0.155. The molecule has 0 aromatic heterocycles. The highest BCUT2D eigenvalue weighted by atomic mass is 32.2. The first-order valence-electron chi connectivity index (χ1n) is 7.43. The van der Waals surface area contributed by atoms with Gasteiger partial charge in [0.15, 0.2) is 0 Å². The number of halogens is 3. The monoisotopic (exact) mass is 372 g/mol. The number of piperidine rings is 1. The van der Waals surface area contributed by atoms with E-state index >= 15 is 0 Å². The van der Waals surface area contributed by atoms with Gasteiger partial charge in [0.05, 0.1) is 6.26 Å². The highest BCUT2D eigenvalue weighted by Crippen LogP contribution is 2.47. The maximum absolute atomic E-state index is 12.6. The van der Waals surface area contributed by atoms with Crippen molar-refractivity contribution < 1.29 is 36.3 Å². The third kappa shape index (κ3) is 4.00. The summed E-state index contributed by atoms with van der Waals surface area (Å²) in [5.74, 6) is -1.72. The van der Waals surface area contributed by atoms with Crippen molar-refractivity contribution in [2.75, 3.05) is 25.9 Å². The Morgan fingerprint density at radius 1 is 1.25 bits per heavy atom. The first kappa shape index (κ1) is 19.0. The van der Waals surface area contributed by atoms with Crippen LogP contribution in [-0.4, -0.2) is 72.7 Å². The summed E-state index contributed by atoms with van der Waals surface area (Å²) in [5, 5.41) is 9.12. The highest BCUT2D eigenvalue weighted by molar-refractivity contribution is 7.88. The number of hydrogen-bond donors (Lipinski definition) is 1. The quantitative estimate of drug-likeness (QED) is 0.716. The molecule has 7 nitrogen and oxygen atoms in total. The van der Waals surface area contributed by atoms with Crippen molar-refractivity contribution in [3.8, 4) is 0 Å². The SMILES string of the molecule is CS(=O)(=O)N(CC(F)(F)F)C1CCN(C(=O)C2(C(=O)O)CC2)CC1. The molecule has 0 aromatic carbocycles. The minimum absolute atomic E-state index is 0.0441. The molecule has 1 N–H and O–H groups in total. The Kier molecular flexibility index (Phi) is 4.88. The first-order valence-corrected chi connectivity index (χ1v) is 9.28. The molecule has 11 heteroatoms. The largest absolute Gasteiger partial charge is 0.480 e. The van der Waals surface area contributed by atoms with E-state index in [4.69, 9.17) is 5.11 Å². The number of rotatable bonds is 5. The number of likely N-dealkylation sites (tertiary alicyclic amines) is 1. The van der Waals surface area contributed by atoms with Gasteiger partial charge in [-0.2, -0.15) is 17.5 Å². The predicted octanol–water partition coefficient (Wildman–Crippen LogP) is 0.666. The van der Waals surface area contributed by atoms with Crippen molar-refractivity contribution in [2.24, 2.45) is 5.41 Å². The lowest BCUT2D eigenvalue weighted by Gasteiger charge is -2.38. The van der Waals surface area contributed by atoms with Crippen molar-refractivity contribution >= 4 is 21.9 Å². The normalized spacial score (nSPS) is 21.8. The van der Waals surface area contributed by atoms with Gasteiger partial charge < -0.3 is 10.0 Å². The van der Waals surface area contributed by atoms with E-state index < -0.39 is 46.1 Å². The van der Waals surface area contributed by atoms with Crippen LogP contribution in [0.4, 0.5) is 13.2 Å². The first-order chi connectivity index (χ1) is 10.9. The molecular weight excluding hydrogens is 353 g/mol. The summed E-state index contributed by atoms with van der Waals surface area (Å²) < 4.78 is 61.6. The second-order valence-electron chi connectivity index (χ2n) is 6.33. The lowest BCUT2D eigenvalue weighted by Crippen LogP contribution is -2.52. The molecule has 1 aliphatic carbocycles. The van der Waals surface area contributed by atoms with Gasteiger partial charge in [0.25, 0.3) is 0 Å². The van der Waals surface area contributed by atoms with Crippen LogP contribution in [0.1, 0.15) is 25.7 Å². The van der Waals surface area contributed by atoms with Crippen molar-refractivity contribution in [2.45, 2.75) is 37.9 Å². The van der Waals surface area contributed by atoms with Gasteiger partial charge >= 0.3 is 12.1 Å². The third-order valence-corrected chi connectivity index (χ3v) is 5.77. The average Bonchev–Trinajstić information content (AvgIpc) is 3.24. The molecule has 0 unspecified atom stereocenters. The summed E-state index contributed by atoms with van der Waals surface area (Å²) in [6.45, 7) is -1.48. The van der Waals surface area contributed by atoms with E-state index in [9.17, 15) is 31.2 Å². The molecule has 2 fully saturated rings. The minimum Gasteiger partial charge on any atom is -0.480 e. The Morgan fingerprint density at radius 2 is 1.75 bits per heavy atom. The van der Waals surface area contributed by atoms with Crippen LogP contribution >= 0.6 is 0 Å². The molecule has 1 saturated heterocycles. The fraction of sp³-hybridized carbons (Fsp3) is 0.846. The summed E-state index contributed by atoms with van der Waals surface area (Å²) in [6.07, 6.45) is -3.33. The molecule has 2 aliphatic rings. The van der Waals surface area contributed by atoms with Crippen LogP contribution in [0, 0.1) is 5.41 Å². The second kappa shape index (κ2) is 6.17. The summed E-state index contributed by atoms with van der Waals surface area (Å²) in [5.41, 5.74) is -1.39. The highest BCUT2D eigenvalue weighted by Gasteiger charge is 2.58. The van der Waals surface area contributed by atoms with E-state index in [1.165, 1.54) is 4.90 Å². The molecule has 0 atom stereocenters. The van der Waals surface area contributed by atoms with Crippen LogP contribution in [0.15, 0.2) is 0 Å². The molecule has 1 amide bonds. The maximum Gasteiger partial charge on any atom is 0.402 e. The molecule has 0 radical (unpaired) electrons. The predicted molar refractivity (Wildman–Crippen MR) is 76.5 cm³/mol. The van der Waals surface area contributed by atoms with Crippen LogP contribution in [0.5, 0.6) is 0 Å². The maximum atomic E-state index is 12.6. The van der Waals surface area contributed by atoms with Crippen molar-refractivity contribution in [3.05, 3.63) is 0 Å². The molecule has 24 heavy (non-hydrogen) atoms. The molecular formula is C13H19F3N2O5S. The second-order valence-corrected chi connectivity index (χ2v) is 8.27. The molecule has 0 bridgehead atoms. The minimum atomic E-state index is -4.66. The number of sulfonamides is 1. The Balaban J connectivity index is 2.03. The van der Waals surface area contributed by atoms with Crippen LogP contribution in [0.25, 0.3) is 0 Å². The van der Waals surface area contributed by atoms with Gasteiger partial charge in [-0.1, -0.05) is 0 Å². The number of amides is 1. The summed E-state index contributed by atoms with van der Waals surface area (Å²) in [4.78, 5) is 24.7. The fourth-order valence-electron chi connectivity index (χ4n) is 3.00.